The fourth-order valence-electron chi connectivity index (χ4n) is 4.41. The molecule has 2 aromatic carbocycles. The van der Waals surface area contributed by atoms with Crippen LogP contribution in [0, 0.1) is 5.92 Å². The molecule has 0 saturated carbocycles. The highest BCUT2D eigenvalue weighted by Gasteiger charge is 2.31. The van der Waals surface area contributed by atoms with Gasteiger partial charge in [0.25, 0.3) is 0 Å². The molecule has 6 nitrogen and oxygen atoms in total. The van der Waals surface area contributed by atoms with E-state index in [4.69, 9.17) is 9.47 Å². The Kier molecular flexibility index (Phi) is 7.58. The van der Waals surface area contributed by atoms with Crippen molar-refractivity contribution in [2.24, 2.45) is 5.92 Å². The van der Waals surface area contributed by atoms with E-state index in [0.717, 1.165) is 29.7 Å². The number of likely N-dealkylation sites (tertiary alicyclic amines) is 1. The number of hydrogen-bond acceptors (Lipinski definition) is 5. The molecule has 1 fully saturated rings. The van der Waals surface area contributed by atoms with Gasteiger partial charge in [0.15, 0.2) is 11.5 Å². The normalized spacial score (nSPS) is 17.3. The third-order valence-corrected chi connectivity index (χ3v) is 5.99. The summed E-state index contributed by atoms with van der Waals surface area (Å²) in [5, 5.41) is 9.61. The first-order valence-corrected chi connectivity index (χ1v) is 11.5. The van der Waals surface area contributed by atoms with Crippen molar-refractivity contribution in [2.45, 2.75) is 32.4 Å². The smallest absolute Gasteiger partial charge is 0.307 e. The number of aliphatic carboxylic acids is 1. The van der Waals surface area contributed by atoms with Gasteiger partial charge in [0.1, 0.15) is 6.61 Å². The standard InChI is InChI=1S/C27H30N2O4/c1-2-32-25-16-21(12-13-24(25)33-19-20-8-4-3-5-9-20)26(22-10-6-14-28-17-22)29-15-7-11-23(18-29)27(30)31/h3-6,8-10,12-14,16-17,23,26H,2,7,11,15,18-19H2,1H3,(H,30,31). The van der Waals surface area contributed by atoms with Crippen LogP contribution >= 0.6 is 0 Å². The predicted molar refractivity (Wildman–Crippen MR) is 126 cm³/mol. The lowest BCUT2D eigenvalue weighted by Crippen LogP contribution is -2.41. The molecule has 0 spiro atoms. The lowest BCUT2D eigenvalue weighted by molar-refractivity contribution is -0.143. The fourth-order valence-corrected chi connectivity index (χ4v) is 4.41. The van der Waals surface area contributed by atoms with Crippen molar-refractivity contribution in [3.8, 4) is 11.5 Å². The molecule has 1 aromatic heterocycles. The zero-order chi connectivity index (χ0) is 23.0. The Balaban J connectivity index is 1.64. The Morgan fingerprint density at radius 3 is 2.67 bits per heavy atom. The lowest BCUT2D eigenvalue weighted by Gasteiger charge is -2.37. The Labute approximate surface area is 194 Å². The van der Waals surface area contributed by atoms with Gasteiger partial charge in [-0.05, 0) is 61.2 Å². The Morgan fingerprint density at radius 2 is 1.94 bits per heavy atom. The third-order valence-electron chi connectivity index (χ3n) is 5.99. The second kappa shape index (κ2) is 11.0. The predicted octanol–water partition coefficient (Wildman–Crippen LogP) is 4.95. The Morgan fingerprint density at radius 1 is 1.09 bits per heavy atom. The van der Waals surface area contributed by atoms with Gasteiger partial charge >= 0.3 is 5.97 Å². The van der Waals surface area contributed by atoms with E-state index in [1.807, 2.05) is 73.8 Å². The first kappa shape index (κ1) is 22.8. The van der Waals surface area contributed by atoms with Crippen LogP contribution in [0.25, 0.3) is 0 Å². The first-order chi connectivity index (χ1) is 16.2. The molecule has 2 atom stereocenters. The van der Waals surface area contributed by atoms with Crippen LogP contribution in [0.2, 0.25) is 0 Å². The van der Waals surface area contributed by atoms with Gasteiger partial charge in [0, 0.05) is 18.9 Å². The molecule has 33 heavy (non-hydrogen) atoms. The summed E-state index contributed by atoms with van der Waals surface area (Å²) in [6, 6.07) is 19.9. The van der Waals surface area contributed by atoms with Crippen molar-refractivity contribution >= 4 is 5.97 Å². The number of benzene rings is 2. The van der Waals surface area contributed by atoms with Crippen molar-refractivity contribution in [1.29, 1.82) is 0 Å². The van der Waals surface area contributed by atoms with Crippen molar-refractivity contribution in [3.63, 3.8) is 0 Å². The van der Waals surface area contributed by atoms with Gasteiger partial charge in [-0.1, -0.05) is 42.5 Å². The second-order valence-electron chi connectivity index (χ2n) is 8.27. The fraction of sp³-hybridized carbons (Fsp3) is 0.333. The number of hydrogen-bond donors (Lipinski definition) is 1. The number of carbonyl (C=O) groups is 1. The summed E-state index contributed by atoms with van der Waals surface area (Å²) >= 11 is 0. The van der Waals surface area contributed by atoms with Gasteiger partial charge in [0.05, 0.1) is 18.6 Å². The summed E-state index contributed by atoms with van der Waals surface area (Å²) in [4.78, 5) is 18.3. The highest BCUT2D eigenvalue weighted by Crippen LogP contribution is 2.37. The zero-order valence-electron chi connectivity index (χ0n) is 18.9. The molecule has 1 N–H and O–H groups in total. The van der Waals surface area contributed by atoms with E-state index in [1.54, 1.807) is 6.20 Å². The molecule has 1 saturated heterocycles. The topological polar surface area (TPSA) is 71.9 Å². The van der Waals surface area contributed by atoms with Crippen molar-refractivity contribution < 1.29 is 19.4 Å². The highest BCUT2D eigenvalue weighted by molar-refractivity contribution is 5.70. The summed E-state index contributed by atoms with van der Waals surface area (Å²) in [5.41, 5.74) is 3.15. The van der Waals surface area contributed by atoms with Crippen LogP contribution in [0.5, 0.6) is 11.5 Å². The molecule has 1 aliphatic rings. The monoisotopic (exact) mass is 446 g/mol. The number of piperidine rings is 1. The zero-order valence-corrected chi connectivity index (χ0v) is 18.9. The second-order valence-corrected chi connectivity index (χ2v) is 8.27. The van der Waals surface area contributed by atoms with Gasteiger partial charge < -0.3 is 14.6 Å². The van der Waals surface area contributed by atoms with Crippen LogP contribution < -0.4 is 9.47 Å². The van der Waals surface area contributed by atoms with Gasteiger partial charge in [-0.25, -0.2) is 0 Å². The van der Waals surface area contributed by atoms with Gasteiger partial charge in [-0.3, -0.25) is 14.7 Å². The number of nitrogens with zero attached hydrogens (tertiary/aromatic N) is 2. The van der Waals surface area contributed by atoms with E-state index >= 15 is 0 Å². The molecule has 2 heterocycles. The van der Waals surface area contributed by atoms with Crippen LogP contribution in [0.15, 0.2) is 73.1 Å². The van der Waals surface area contributed by atoms with Gasteiger partial charge in [-0.15, -0.1) is 0 Å². The molecule has 0 aliphatic carbocycles. The van der Waals surface area contributed by atoms with E-state index in [9.17, 15) is 9.90 Å². The van der Waals surface area contributed by atoms with Gasteiger partial charge in [0.2, 0.25) is 0 Å². The summed E-state index contributed by atoms with van der Waals surface area (Å²) in [5.74, 6) is 0.283. The van der Waals surface area contributed by atoms with Gasteiger partial charge in [-0.2, -0.15) is 0 Å². The maximum absolute atomic E-state index is 11.7. The number of carboxylic acids is 1. The maximum Gasteiger partial charge on any atom is 0.307 e. The Bertz CT molecular complexity index is 1040. The van der Waals surface area contributed by atoms with Crippen LogP contribution in [0.3, 0.4) is 0 Å². The van der Waals surface area contributed by atoms with Crippen LogP contribution in [-0.2, 0) is 11.4 Å². The average Bonchev–Trinajstić information content (AvgIpc) is 2.85. The molecule has 3 aromatic rings. The molecule has 172 valence electrons. The molecule has 1 aliphatic heterocycles. The van der Waals surface area contributed by atoms with E-state index in [1.165, 1.54) is 0 Å². The van der Waals surface area contributed by atoms with Crippen molar-refractivity contribution in [3.05, 3.63) is 89.7 Å². The van der Waals surface area contributed by atoms with Crippen LogP contribution in [0.1, 0.15) is 42.5 Å². The maximum atomic E-state index is 11.7. The van der Waals surface area contributed by atoms with Crippen LogP contribution in [0.4, 0.5) is 0 Å². The molecular weight excluding hydrogens is 416 g/mol. The van der Waals surface area contributed by atoms with E-state index in [-0.39, 0.29) is 12.0 Å². The van der Waals surface area contributed by atoms with Crippen molar-refractivity contribution in [2.75, 3.05) is 19.7 Å². The number of ether oxygens (including phenoxy) is 2. The molecule has 4 rings (SSSR count). The number of rotatable bonds is 9. The minimum Gasteiger partial charge on any atom is -0.490 e. The van der Waals surface area contributed by atoms with E-state index < -0.39 is 5.97 Å². The number of aromatic nitrogens is 1. The SMILES string of the molecule is CCOc1cc(C(c2cccnc2)N2CCCC(C(=O)O)C2)ccc1OCc1ccccc1. The summed E-state index contributed by atoms with van der Waals surface area (Å²) in [6.07, 6.45) is 5.17. The average molecular weight is 447 g/mol. The molecule has 0 radical (unpaired) electrons. The minimum absolute atomic E-state index is 0.108. The minimum atomic E-state index is -0.732. The molecule has 0 bridgehead atoms. The summed E-state index contributed by atoms with van der Waals surface area (Å²) < 4.78 is 12.0. The Hall–Kier alpha value is -3.38. The number of pyridine rings is 1. The first-order valence-electron chi connectivity index (χ1n) is 11.5. The highest BCUT2D eigenvalue weighted by atomic mass is 16.5. The molecule has 6 heteroatoms. The van der Waals surface area contributed by atoms with Crippen molar-refractivity contribution in [1.82, 2.24) is 9.88 Å². The summed E-state index contributed by atoms with van der Waals surface area (Å²) in [7, 11) is 0. The lowest BCUT2D eigenvalue weighted by atomic mass is 9.92. The third kappa shape index (κ3) is 5.71. The van der Waals surface area contributed by atoms with Crippen LogP contribution in [-0.4, -0.2) is 40.7 Å². The van der Waals surface area contributed by atoms with E-state index in [0.29, 0.717) is 37.7 Å². The quantitative estimate of drug-likeness (QED) is 0.502. The molecular formula is C27H30N2O4. The van der Waals surface area contributed by atoms with E-state index in [2.05, 4.69) is 9.88 Å². The molecule has 2 unspecified atom stereocenters. The number of carboxylic acid groups (broad SMARTS) is 1. The summed E-state index contributed by atoms with van der Waals surface area (Å²) in [6.45, 7) is 4.27. The largest absolute Gasteiger partial charge is 0.490 e. The molecule has 0 amide bonds.